The van der Waals surface area contributed by atoms with Crippen molar-refractivity contribution in [2.75, 3.05) is 17.2 Å². The quantitative estimate of drug-likeness (QED) is 0.865. The first kappa shape index (κ1) is 11.3. The minimum Gasteiger partial charge on any atom is -0.396 e. The molecule has 0 amide bonds. The number of nitrogens with two attached hydrogens (primary N) is 1. The number of fused-ring (bicyclic) bond motifs is 1. The molecule has 3 rings (SSSR count). The van der Waals surface area contributed by atoms with E-state index in [1.807, 2.05) is 12.3 Å². The highest BCUT2D eigenvalue weighted by molar-refractivity contribution is 9.10. The Morgan fingerprint density at radius 2 is 2.12 bits per heavy atom. The van der Waals surface area contributed by atoms with E-state index in [0.717, 1.165) is 28.4 Å². The van der Waals surface area contributed by atoms with Gasteiger partial charge in [0.1, 0.15) is 0 Å². The summed E-state index contributed by atoms with van der Waals surface area (Å²) in [5.41, 5.74) is 6.90. The zero-order valence-electron chi connectivity index (χ0n) is 9.90. The molecule has 2 atom stereocenters. The monoisotopic (exact) mass is 295 g/mol. The summed E-state index contributed by atoms with van der Waals surface area (Å²) >= 11 is 3.42. The topological polar surface area (TPSA) is 42.1 Å². The summed E-state index contributed by atoms with van der Waals surface area (Å²) < 4.78 is 0.957. The van der Waals surface area contributed by atoms with Crippen LogP contribution in [0, 0.1) is 5.92 Å². The lowest BCUT2D eigenvalue weighted by molar-refractivity contribution is 0.361. The zero-order chi connectivity index (χ0) is 11.8. The highest BCUT2D eigenvalue weighted by atomic mass is 79.9. The van der Waals surface area contributed by atoms with Crippen LogP contribution in [0.15, 0.2) is 16.7 Å². The predicted molar refractivity (Wildman–Crippen MR) is 74.1 cm³/mol. The Labute approximate surface area is 111 Å². The van der Waals surface area contributed by atoms with E-state index in [1.165, 1.54) is 32.1 Å². The van der Waals surface area contributed by atoms with Gasteiger partial charge in [-0.05, 0) is 53.6 Å². The molecule has 1 saturated heterocycles. The predicted octanol–water partition coefficient (Wildman–Crippen LogP) is 3.20. The van der Waals surface area contributed by atoms with Crippen LogP contribution in [0.4, 0.5) is 11.5 Å². The number of halogens is 1. The summed E-state index contributed by atoms with van der Waals surface area (Å²) in [7, 11) is 0. The second-order valence-corrected chi connectivity index (χ2v) is 6.08. The third-order valence-corrected chi connectivity index (χ3v) is 4.56. The Balaban J connectivity index is 1.91. The molecule has 1 aliphatic heterocycles. The van der Waals surface area contributed by atoms with Gasteiger partial charge in [-0.25, -0.2) is 4.98 Å². The van der Waals surface area contributed by atoms with Crippen LogP contribution in [-0.2, 0) is 0 Å². The molecule has 3 nitrogen and oxygen atoms in total. The lowest BCUT2D eigenvalue weighted by atomic mass is 9.92. The van der Waals surface area contributed by atoms with Crippen LogP contribution in [0.5, 0.6) is 0 Å². The molecule has 0 aromatic carbocycles. The van der Waals surface area contributed by atoms with Gasteiger partial charge in [0.15, 0.2) is 5.82 Å². The lowest BCUT2D eigenvalue weighted by Gasteiger charge is -2.39. The number of pyridine rings is 1. The van der Waals surface area contributed by atoms with Crippen molar-refractivity contribution in [3.63, 3.8) is 0 Å². The minimum atomic E-state index is 0.680. The van der Waals surface area contributed by atoms with Crippen LogP contribution in [0.3, 0.4) is 0 Å². The van der Waals surface area contributed by atoms with Gasteiger partial charge >= 0.3 is 0 Å². The third-order valence-electron chi connectivity index (χ3n) is 4.13. The number of nitrogens with zero attached hydrogens (tertiary/aromatic N) is 2. The summed E-state index contributed by atoms with van der Waals surface area (Å²) in [5.74, 6) is 1.86. The van der Waals surface area contributed by atoms with Gasteiger partial charge in [0.05, 0.1) is 5.69 Å². The minimum absolute atomic E-state index is 0.680. The SMILES string of the molecule is Nc1cc(Br)cnc1N1CCCC2CCCC21. The maximum absolute atomic E-state index is 6.10. The van der Waals surface area contributed by atoms with Crippen LogP contribution < -0.4 is 10.6 Å². The van der Waals surface area contributed by atoms with E-state index in [-0.39, 0.29) is 0 Å². The van der Waals surface area contributed by atoms with Crippen molar-refractivity contribution >= 4 is 27.4 Å². The Morgan fingerprint density at radius 1 is 1.29 bits per heavy atom. The van der Waals surface area contributed by atoms with E-state index in [4.69, 9.17) is 5.73 Å². The number of aromatic nitrogens is 1. The Morgan fingerprint density at radius 3 is 2.94 bits per heavy atom. The first-order valence-electron chi connectivity index (χ1n) is 6.43. The fourth-order valence-corrected chi connectivity index (χ4v) is 3.75. The standard InChI is InChI=1S/C13H18BrN3/c14-10-7-11(15)13(16-8-10)17-6-2-4-9-3-1-5-12(9)17/h7-9,12H,1-6,15H2. The molecule has 17 heavy (non-hydrogen) atoms. The Hall–Kier alpha value is -0.770. The molecule has 0 bridgehead atoms. The molecule has 2 unspecified atom stereocenters. The summed E-state index contributed by atoms with van der Waals surface area (Å²) in [6, 6.07) is 2.64. The summed E-state index contributed by atoms with van der Waals surface area (Å²) in [6.07, 6.45) is 8.57. The summed E-state index contributed by atoms with van der Waals surface area (Å²) in [4.78, 5) is 6.96. The zero-order valence-corrected chi connectivity index (χ0v) is 11.5. The number of hydrogen-bond donors (Lipinski definition) is 1. The third kappa shape index (κ3) is 2.03. The van der Waals surface area contributed by atoms with E-state index in [1.54, 1.807) is 0 Å². The van der Waals surface area contributed by atoms with Gasteiger partial charge in [-0.3, -0.25) is 0 Å². The number of piperidine rings is 1. The van der Waals surface area contributed by atoms with Crippen molar-refractivity contribution < 1.29 is 0 Å². The first-order chi connectivity index (χ1) is 8.25. The van der Waals surface area contributed by atoms with Gasteiger partial charge in [0.25, 0.3) is 0 Å². The van der Waals surface area contributed by atoms with Crippen LogP contribution in [0.1, 0.15) is 32.1 Å². The Bertz CT molecular complexity index is 421. The first-order valence-corrected chi connectivity index (χ1v) is 7.22. The fourth-order valence-electron chi connectivity index (χ4n) is 3.40. The molecule has 1 aliphatic carbocycles. The molecule has 2 N–H and O–H groups in total. The largest absolute Gasteiger partial charge is 0.396 e. The van der Waals surface area contributed by atoms with Crippen LogP contribution in [0.2, 0.25) is 0 Å². The summed E-state index contributed by atoms with van der Waals surface area (Å²) in [6.45, 7) is 1.11. The van der Waals surface area contributed by atoms with E-state index in [0.29, 0.717) is 6.04 Å². The van der Waals surface area contributed by atoms with Crippen molar-refractivity contribution in [2.45, 2.75) is 38.1 Å². The number of nitrogen functional groups attached to an aromatic ring is 1. The van der Waals surface area contributed by atoms with Crippen molar-refractivity contribution in [1.82, 2.24) is 4.98 Å². The molecule has 1 aromatic rings. The second kappa shape index (κ2) is 4.48. The van der Waals surface area contributed by atoms with Crippen molar-refractivity contribution in [3.05, 3.63) is 16.7 Å². The number of hydrogen-bond acceptors (Lipinski definition) is 3. The molecule has 92 valence electrons. The molecule has 1 saturated carbocycles. The van der Waals surface area contributed by atoms with Crippen LogP contribution >= 0.6 is 15.9 Å². The van der Waals surface area contributed by atoms with Crippen LogP contribution in [0.25, 0.3) is 0 Å². The van der Waals surface area contributed by atoms with Gasteiger partial charge in [-0.15, -0.1) is 0 Å². The Kier molecular flexibility index (Phi) is 2.99. The van der Waals surface area contributed by atoms with Gasteiger partial charge < -0.3 is 10.6 Å². The van der Waals surface area contributed by atoms with E-state index in [9.17, 15) is 0 Å². The molecule has 1 aromatic heterocycles. The maximum atomic E-state index is 6.10. The molecule has 4 heteroatoms. The van der Waals surface area contributed by atoms with Gasteiger partial charge in [-0.2, -0.15) is 0 Å². The highest BCUT2D eigenvalue weighted by Gasteiger charge is 2.36. The van der Waals surface area contributed by atoms with Gasteiger partial charge in [0.2, 0.25) is 0 Å². The normalized spacial score (nSPS) is 28.2. The number of anilines is 2. The van der Waals surface area contributed by atoms with Crippen molar-refractivity contribution in [1.29, 1.82) is 0 Å². The lowest BCUT2D eigenvalue weighted by Crippen LogP contribution is -2.43. The van der Waals surface area contributed by atoms with Gasteiger partial charge in [-0.1, -0.05) is 6.42 Å². The fraction of sp³-hybridized carbons (Fsp3) is 0.615. The van der Waals surface area contributed by atoms with Crippen molar-refractivity contribution in [2.24, 2.45) is 5.92 Å². The molecule has 0 spiro atoms. The van der Waals surface area contributed by atoms with Crippen LogP contribution in [-0.4, -0.2) is 17.6 Å². The molecule has 0 radical (unpaired) electrons. The smallest absolute Gasteiger partial charge is 0.152 e. The molecule has 2 fully saturated rings. The van der Waals surface area contributed by atoms with E-state index in [2.05, 4.69) is 25.8 Å². The molecule has 2 aliphatic rings. The van der Waals surface area contributed by atoms with E-state index >= 15 is 0 Å². The maximum Gasteiger partial charge on any atom is 0.152 e. The average Bonchev–Trinajstić information content (AvgIpc) is 2.77. The molecular weight excluding hydrogens is 278 g/mol. The van der Waals surface area contributed by atoms with Gasteiger partial charge in [0, 0.05) is 23.3 Å². The summed E-state index contributed by atoms with van der Waals surface area (Å²) in [5, 5.41) is 0. The van der Waals surface area contributed by atoms with E-state index < -0.39 is 0 Å². The molecule has 2 heterocycles. The van der Waals surface area contributed by atoms with Crippen molar-refractivity contribution in [3.8, 4) is 0 Å². The highest BCUT2D eigenvalue weighted by Crippen LogP contribution is 2.40. The second-order valence-electron chi connectivity index (χ2n) is 5.16. The molecular formula is C13H18BrN3. The number of rotatable bonds is 1. The average molecular weight is 296 g/mol.